The van der Waals surface area contributed by atoms with Gasteiger partial charge >= 0.3 is 6.09 Å². The van der Waals surface area contributed by atoms with Gasteiger partial charge in [0.25, 0.3) is 0 Å². The molecular formula is C12H24N2O2. The summed E-state index contributed by atoms with van der Waals surface area (Å²) in [5.74, 6) is 1.55. The third kappa shape index (κ3) is 4.84. The fourth-order valence-electron chi connectivity index (χ4n) is 2.58. The molecule has 1 rings (SSSR count). The molecule has 0 aromatic carbocycles. The van der Waals surface area contributed by atoms with Gasteiger partial charge in [-0.2, -0.15) is 0 Å². The van der Waals surface area contributed by atoms with E-state index in [0.717, 1.165) is 18.9 Å². The molecule has 1 aliphatic rings. The van der Waals surface area contributed by atoms with Crippen molar-refractivity contribution in [3.63, 3.8) is 0 Å². The predicted octanol–water partition coefficient (Wildman–Crippen LogP) is 2.06. The molecule has 3 N–H and O–H groups in total. The minimum absolute atomic E-state index is 0.0564. The van der Waals surface area contributed by atoms with Crippen LogP contribution in [0.2, 0.25) is 0 Å². The van der Waals surface area contributed by atoms with E-state index in [1.165, 1.54) is 25.7 Å². The van der Waals surface area contributed by atoms with Crippen molar-refractivity contribution in [2.24, 2.45) is 11.8 Å². The standard InChI is InChI=1S/C12H24N2O2/c1-9-3-5-10(6-4-9)7-11(8-13-2)14-12(15)16/h9-11,13-14H,3-8H2,1-2H3,(H,15,16). The summed E-state index contributed by atoms with van der Waals surface area (Å²) in [6, 6.07) is 0.0564. The molecule has 0 spiro atoms. The summed E-state index contributed by atoms with van der Waals surface area (Å²) in [5, 5.41) is 14.4. The maximum Gasteiger partial charge on any atom is 0.404 e. The second kappa shape index (κ2) is 6.74. The predicted molar refractivity (Wildman–Crippen MR) is 64.6 cm³/mol. The number of carboxylic acid groups (broad SMARTS) is 1. The number of amides is 1. The van der Waals surface area contributed by atoms with Gasteiger partial charge in [-0.15, -0.1) is 0 Å². The lowest BCUT2D eigenvalue weighted by atomic mass is 9.80. The molecule has 0 aliphatic heterocycles. The summed E-state index contributed by atoms with van der Waals surface area (Å²) in [7, 11) is 1.86. The first-order valence-electron chi connectivity index (χ1n) is 6.26. The summed E-state index contributed by atoms with van der Waals surface area (Å²) in [4.78, 5) is 10.6. The second-order valence-electron chi connectivity index (χ2n) is 5.07. The Labute approximate surface area is 97.8 Å². The van der Waals surface area contributed by atoms with Crippen LogP contribution in [0.25, 0.3) is 0 Å². The summed E-state index contributed by atoms with van der Waals surface area (Å²) in [5.41, 5.74) is 0. The van der Waals surface area contributed by atoms with E-state index in [-0.39, 0.29) is 6.04 Å². The first-order valence-corrected chi connectivity index (χ1v) is 6.26. The van der Waals surface area contributed by atoms with Crippen LogP contribution in [0.5, 0.6) is 0 Å². The van der Waals surface area contributed by atoms with Crippen LogP contribution >= 0.6 is 0 Å². The molecule has 1 atom stereocenters. The smallest absolute Gasteiger partial charge is 0.404 e. The van der Waals surface area contributed by atoms with Crippen LogP contribution in [0.1, 0.15) is 39.0 Å². The van der Waals surface area contributed by atoms with Gasteiger partial charge in [-0.1, -0.05) is 32.6 Å². The van der Waals surface area contributed by atoms with Crippen molar-refractivity contribution in [1.29, 1.82) is 0 Å². The number of hydrogen-bond acceptors (Lipinski definition) is 2. The molecule has 0 radical (unpaired) electrons. The van der Waals surface area contributed by atoms with Gasteiger partial charge in [0, 0.05) is 12.6 Å². The highest BCUT2D eigenvalue weighted by Gasteiger charge is 2.22. The van der Waals surface area contributed by atoms with Crippen molar-refractivity contribution < 1.29 is 9.90 Å². The number of carbonyl (C=O) groups is 1. The fraction of sp³-hybridized carbons (Fsp3) is 0.917. The summed E-state index contributed by atoms with van der Waals surface area (Å²) in [6.07, 6.45) is 5.16. The lowest BCUT2D eigenvalue weighted by Crippen LogP contribution is -2.42. The Hall–Kier alpha value is -0.770. The quantitative estimate of drug-likeness (QED) is 0.675. The monoisotopic (exact) mass is 228 g/mol. The van der Waals surface area contributed by atoms with Crippen molar-refractivity contribution in [3.8, 4) is 0 Å². The van der Waals surface area contributed by atoms with Crippen LogP contribution < -0.4 is 10.6 Å². The van der Waals surface area contributed by atoms with Crippen molar-refractivity contribution in [2.75, 3.05) is 13.6 Å². The average Bonchev–Trinajstić information content (AvgIpc) is 2.21. The molecule has 1 unspecified atom stereocenters. The summed E-state index contributed by atoms with van der Waals surface area (Å²) >= 11 is 0. The molecule has 0 saturated heterocycles. The zero-order valence-corrected chi connectivity index (χ0v) is 10.3. The molecular weight excluding hydrogens is 204 g/mol. The number of hydrogen-bond donors (Lipinski definition) is 3. The molecule has 0 bridgehead atoms. The molecule has 1 amide bonds. The molecule has 0 heterocycles. The van der Waals surface area contributed by atoms with Gasteiger partial charge < -0.3 is 15.7 Å². The topological polar surface area (TPSA) is 61.4 Å². The Kier molecular flexibility index (Phi) is 5.60. The van der Waals surface area contributed by atoms with Gasteiger partial charge in [-0.25, -0.2) is 4.79 Å². The maximum absolute atomic E-state index is 10.6. The van der Waals surface area contributed by atoms with Gasteiger partial charge in [-0.3, -0.25) is 0 Å². The van der Waals surface area contributed by atoms with Crippen molar-refractivity contribution in [1.82, 2.24) is 10.6 Å². The fourth-order valence-corrected chi connectivity index (χ4v) is 2.58. The Morgan fingerprint density at radius 2 is 2.00 bits per heavy atom. The third-order valence-electron chi connectivity index (χ3n) is 3.53. The lowest BCUT2D eigenvalue weighted by Gasteiger charge is -2.29. The molecule has 1 aliphatic carbocycles. The number of rotatable bonds is 5. The van der Waals surface area contributed by atoms with E-state index in [9.17, 15) is 4.79 Å². The molecule has 1 fully saturated rings. The molecule has 0 aromatic rings. The van der Waals surface area contributed by atoms with E-state index in [1.807, 2.05) is 7.05 Å². The summed E-state index contributed by atoms with van der Waals surface area (Å²) in [6.45, 7) is 3.02. The highest BCUT2D eigenvalue weighted by molar-refractivity contribution is 5.64. The van der Waals surface area contributed by atoms with Gasteiger partial charge in [0.05, 0.1) is 0 Å². The zero-order chi connectivity index (χ0) is 12.0. The van der Waals surface area contributed by atoms with Crippen molar-refractivity contribution >= 4 is 6.09 Å². The van der Waals surface area contributed by atoms with Crippen LogP contribution in [0.15, 0.2) is 0 Å². The minimum Gasteiger partial charge on any atom is -0.465 e. The molecule has 4 nitrogen and oxygen atoms in total. The van der Waals surface area contributed by atoms with E-state index >= 15 is 0 Å². The lowest BCUT2D eigenvalue weighted by molar-refractivity contribution is 0.183. The first-order chi connectivity index (χ1) is 7.61. The van der Waals surface area contributed by atoms with Gasteiger partial charge in [-0.05, 0) is 25.3 Å². The Morgan fingerprint density at radius 3 is 2.50 bits per heavy atom. The zero-order valence-electron chi connectivity index (χ0n) is 10.3. The molecule has 0 aromatic heterocycles. The second-order valence-corrected chi connectivity index (χ2v) is 5.07. The van der Waals surface area contributed by atoms with Crippen LogP contribution in [-0.2, 0) is 0 Å². The van der Waals surface area contributed by atoms with Crippen LogP contribution in [0.4, 0.5) is 4.79 Å². The van der Waals surface area contributed by atoms with Crippen molar-refractivity contribution in [3.05, 3.63) is 0 Å². The average molecular weight is 228 g/mol. The van der Waals surface area contributed by atoms with E-state index in [2.05, 4.69) is 17.6 Å². The van der Waals surface area contributed by atoms with Gasteiger partial charge in [0.1, 0.15) is 0 Å². The minimum atomic E-state index is -0.913. The van der Waals surface area contributed by atoms with Gasteiger partial charge in [0.15, 0.2) is 0 Å². The highest BCUT2D eigenvalue weighted by atomic mass is 16.4. The van der Waals surface area contributed by atoms with Gasteiger partial charge in [0.2, 0.25) is 0 Å². The Morgan fingerprint density at radius 1 is 1.38 bits per heavy atom. The van der Waals surface area contributed by atoms with Crippen LogP contribution in [0, 0.1) is 11.8 Å². The first kappa shape index (κ1) is 13.3. The molecule has 16 heavy (non-hydrogen) atoms. The van der Waals surface area contributed by atoms with Crippen LogP contribution in [0.3, 0.4) is 0 Å². The maximum atomic E-state index is 10.6. The normalized spacial score (nSPS) is 27.4. The summed E-state index contributed by atoms with van der Waals surface area (Å²) < 4.78 is 0. The van der Waals surface area contributed by atoms with Crippen LogP contribution in [-0.4, -0.2) is 30.8 Å². The number of likely N-dealkylation sites (N-methyl/N-ethyl adjacent to an activating group) is 1. The SMILES string of the molecule is CNCC(CC1CCC(C)CC1)NC(=O)O. The highest BCUT2D eigenvalue weighted by Crippen LogP contribution is 2.30. The Balaban J connectivity index is 2.32. The van der Waals surface area contributed by atoms with E-state index in [4.69, 9.17) is 5.11 Å². The van der Waals surface area contributed by atoms with E-state index in [1.54, 1.807) is 0 Å². The third-order valence-corrected chi connectivity index (χ3v) is 3.53. The number of nitrogens with one attached hydrogen (secondary N) is 2. The molecule has 1 saturated carbocycles. The molecule has 94 valence electrons. The Bertz CT molecular complexity index is 213. The molecule has 4 heteroatoms. The van der Waals surface area contributed by atoms with E-state index in [0.29, 0.717) is 5.92 Å². The van der Waals surface area contributed by atoms with Crippen molar-refractivity contribution in [2.45, 2.75) is 45.1 Å². The largest absolute Gasteiger partial charge is 0.465 e. The van der Waals surface area contributed by atoms with E-state index < -0.39 is 6.09 Å².